The Labute approximate surface area is 214 Å². The van der Waals surface area contributed by atoms with Gasteiger partial charge < -0.3 is 24.8 Å². The van der Waals surface area contributed by atoms with Gasteiger partial charge in [0.1, 0.15) is 17.6 Å². The largest absolute Gasteiger partial charge is 0.480 e. The van der Waals surface area contributed by atoms with Gasteiger partial charge in [0, 0.05) is 38.2 Å². The van der Waals surface area contributed by atoms with Gasteiger partial charge in [0.15, 0.2) is 11.6 Å². The molecule has 37 heavy (non-hydrogen) atoms. The molecule has 11 heteroatoms. The molecular formula is C26H32F2N4O5. The highest BCUT2D eigenvalue weighted by Gasteiger charge is 2.25. The van der Waals surface area contributed by atoms with Crippen LogP contribution in [0.25, 0.3) is 10.9 Å². The number of methoxy groups -OCH3 is 1. The fourth-order valence-corrected chi connectivity index (χ4v) is 3.74. The van der Waals surface area contributed by atoms with Crippen molar-refractivity contribution in [2.75, 3.05) is 33.9 Å². The molecule has 9 nitrogen and oxygen atoms in total. The number of halogens is 2. The molecule has 3 aromatic rings. The summed E-state index contributed by atoms with van der Waals surface area (Å²) in [4.78, 5) is 27.2. The van der Waals surface area contributed by atoms with Crippen molar-refractivity contribution in [2.45, 2.75) is 32.9 Å². The third-order valence-electron chi connectivity index (χ3n) is 5.72. The summed E-state index contributed by atoms with van der Waals surface area (Å²) in [6.45, 7) is 6.14. The summed E-state index contributed by atoms with van der Waals surface area (Å²) in [5.41, 5.74) is 0.637. The average Bonchev–Trinajstić information content (AvgIpc) is 3.22. The standard InChI is InChI=1S/C26H32F2N4O5/c1-16(2)15-32-22-13-19(25(33)30-21(26(34)35)7-8-31(3)9-10-36-4)24(11-17(22)14-29-32)37-23-6-5-18(27)12-20(23)28/h5-6,11-14,16,21H,7-10,15H2,1-4H3,(H,30,33)(H,34,35)/t21-/m0/s1. The van der Waals surface area contributed by atoms with Crippen LogP contribution in [0.15, 0.2) is 36.5 Å². The molecule has 3 rings (SSSR count). The van der Waals surface area contributed by atoms with Gasteiger partial charge in [0.05, 0.1) is 23.9 Å². The number of benzene rings is 2. The molecule has 0 radical (unpaired) electrons. The normalized spacial score (nSPS) is 12.3. The number of ether oxygens (including phenoxy) is 2. The lowest BCUT2D eigenvalue weighted by molar-refractivity contribution is -0.139. The van der Waals surface area contributed by atoms with Gasteiger partial charge in [-0.25, -0.2) is 13.6 Å². The number of likely N-dealkylation sites (N-methyl/N-ethyl adjacent to an activating group) is 1. The number of carboxylic acid groups (broad SMARTS) is 1. The van der Waals surface area contributed by atoms with Gasteiger partial charge in [-0.15, -0.1) is 0 Å². The maximum Gasteiger partial charge on any atom is 0.326 e. The predicted molar refractivity (Wildman–Crippen MR) is 134 cm³/mol. The van der Waals surface area contributed by atoms with Crippen molar-refractivity contribution >= 4 is 22.8 Å². The Kier molecular flexibility index (Phi) is 9.54. The van der Waals surface area contributed by atoms with Crippen LogP contribution in [0.5, 0.6) is 11.5 Å². The number of amides is 1. The maximum atomic E-state index is 14.3. The maximum absolute atomic E-state index is 14.3. The molecule has 0 aliphatic rings. The van der Waals surface area contributed by atoms with E-state index in [2.05, 4.69) is 10.4 Å². The monoisotopic (exact) mass is 518 g/mol. The number of hydrogen-bond donors (Lipinski definition) is 2. The highest BCUT2D eigenvalue weighted by molar-refractivity contribution is 6.02. The Hall–Kier alpha value is -3.57. The van der Waals surface area contributed by atoms with Gasteiger partial charge in [-0.05, 0) is 43.7 Å². The summed E-state index contributed by atoms with van der Waals surface area (Å²) in [6, 6.07) is 4.73. The fraction of sp³-hybridized carbons (Fsp3) is 0.423. The van der Waals surface area contributed by atoms with Crippen molar-refractivity contribution in [3.8, 4) is 11.5 Å². The zero-order chi connectivity index (χ0) is 27.1. The molecule has 0 unspecified atom stereocenters. The van der Waals surface area contributed by atoms with E-state index >= 15 is 0 Å². The molecule has 0 bridgehead atoms. The summed E-state index contributed by atoms with van der Waals surface area (Å²) in [6.07, 6.45) is 1.75. The molecule has 0 fully saturated rings. The minimum atomic E-state index is -1.19. The lowest BCUT2D eigenvalue weighted by Gasteiger charge is -2.20. The first-order valence-electron chi connectivity index (χ1n) is 11.9. The van der Waals surface area contributed by atoms with Crippen molar-refractivity contribution in [3.05, 3.63) is 53.7 Å². The lowest BCUT2D eigenvalue weighted by atomic mass is 10.1. The summed E-state index contributed by atoms with van der Waals surface area (Å²) in [7, 11) is 3.41. The van der Waals surface area contributed by atoms with Crippen molar-refractivity contribution in [1.82, 2.24) is 20.0 Å². The molecule has 0 saturated heterocycles. The number of fused-ring (bicyclic) bond motifs is 1. The Morgan fingerprint density at radius 3 is 2.57 bits per heavy atom. The van der Waals surface area contributed by atoms with E-state index in [-0.39, 0.29) is 29.4 Å². The summed E-state index contributed by atoms with van der Waals surface area (Å²) >= 11 is 0. The van der Waals surface area contributed by atoms with Gasteiger partial charge in [0.2, 0.25) is 0 Å². The van der Waals surface area contributed by atoms with E-state index in [4.69, 9.17) is 9.47 Å². The molecule has 1 atom stereocenters. The van der Waals surface area contributed by atoms with Crippen molar-refractivity contribution < 1.29 is 33.0 Å². The second kappa shape index (κ2) is 12.6. The van der Waals surface area contributed by atoms with E-state index in [0.29, 0.717) is 43.2 Å². The van der Waals surface area contributed by atoms with Crippen molar-refractivity contribution in [1.29, 1.82) is 0 Å². The van der Waals surface area contributed by atoms with Crippen LogP contribution in [0.2, 0.25) is 0 Å². The molecule has 2 aromatic carbocycles. The number of aliphatic carboxylic acids is 1. The number of nitrogens with zero attached hydrogens (tertiary/aromatic N) is 3. The zero-order valence-corrected chi connectivity index (χ0v) is 21.3. The Morgan fingerprint density at radius 2 is 1.92 bits per heavy atom. The molecule has 2 N–H and O–H groups in total. The highest BCUT2D eigenvalue weighted by Crippen LogP contribution is 2.32. The molecule has 0 spiro atoms. The van der Waals surface area contributed by atoms with Crippen molar-refractivity contribution in [2.24, 2.45) is 5.92 Å². The second-order valence-electron chi connectivity index (χ2n) is 9.25. The minimum absolute atomic E-state index is 0.000665. The van der Waals surface area contributed by atoms with E-state index in [1.807, 2.05) is 25.8 Å². The predicted octanol–water partition coefficient (Wildman–Crippen LogP) is 3.91. The van der Waals surface area contributed by atoms with Crippen LogP contribution < -0.4 is 10.1 Å². The Balaban J connectivity index is 1.94. The Bertz CT molecular complexity index is 1250. The molecule has 0 aliphatic carbocycles. The number of carboxylic acids is 1. The van der Waals surface area contributed by atoms with Crippen LogP contribution in [0.1, 0.15) is 30.6 Å². The average molecular weight is 519 g/mol. The van der Waals surface area contributed by atoms with Crippen molar-refractivity contribution in [3.63, 3.8) is 0 Å². The molecule has 200 valence electrons. The zero-order valence-electron chi connectivity index (χ0n) is 21.3. The van der Waals surface area contributed by atoms with Gasteiger partial charge in [0.25, 0.3) is 5.91 Å². The molecule has 1 aromatic heterocycles. The summed E-state index contributed by atoms with van der Waals surface area (Å²) < 4.78 is 40.2. The summed E-state index contributed by atoms with van der Waals surface area (Å²) in [5, 5.41) is 17.3. The number of aromatic nitrogens is 2. The van der Waals surface area contributed by atoms with Crippen LogP contribution >= 0.6 is 0 Å². The number of carbonyl (C=O) groups excluding carboxylic acids is 1. The third-order valence-corrected chi connectivity index (χ3v) is 5.72. The first-order chi connectivity index (χ1) is 17.6. The van der Waals surface area contributed by atoms with E-state index < -0.39 is 29.6 Å². The number of rotatable bonds is 13. The topological polar surface area (TPSA) is 106 Å². The second-order valence-corrected chi connectivity index (χ2v) is 9.25. The number of nitrogens with one attached hydrogen (secondary N) is 1. The van der Waals surface area contributed by atoms with Gasteiger partial charge in [-0.3, -0.25) is 9.48 Å². The quantitative estimate of drug-likeness (QED) is 0.353. The molecule has 0 aliphatic heterocycles. The highest BCUT2D eigenvalue weighted by atomic mass is 19.1. The lowest BCUT2D eigenvalue weighted by Crippen LogP contribution is -2.43. The van der Waals surface area contributed by atoms with Gasteiger partial charge >= 0.3 is 5.97 Å². The minimum Gasteiger partial charge on any atom is -0.480 e. The van der Waals surface area contributed by atoms with E-state index in [1.54, 1.807) is 24.1 Å². The molecule has 1 amide bonds. The van der Waals surface area contributed by atoms with Crippen LogP contribution in [0.4, 0.5) is 8.78 Å². The van der Waals surface area contributed by atoms with Crippen LogP contribution in [0, 0.1) is 17.6 Å². The number of carbonyl (C=O) groups is 2. The SMILES string of the molecule is COCCN(C)CC[C@H](NC(=O)c1cc2c(cnn2CC(C)C)cc1Oc1ccc(F)cc1F)C(=O)O. The first kappa shape index (κ1) is 28.0. The molecular weight excluding hydrogens is 486 g/mol. The number of hydrogen-bond acceptors (Lipinski definition) is 6. The molecule has 0 saturated carbocycles. The van der Waals surface area contributed by atoms with Crippen LogP contribution in [-0.4, -0.2) is 71.6 Å². The van der Waals surface area contributed by atoms with E-state index in [9.17, 15) is 23.5 Å². The fourth-order valence-electron chi connectivity index (χ4n) is 3.74. The first-order valence-corrected chi connectivity index (χ1v) is 11.9. The van der Waals surface area contributed by atoms with Gasteiger partial charge in [-0.2, -0.15) is 5.10 Å². The Morgan fingerprint density at radius 1 is 1.16 bits per heavy atom. The van der Waals surface area contributed by atoms with Crippen LogP contribution in [0.3, 0.4) is 0 Å². The molecule has 1 heterocycles. The smallest absolute Gasteiger partial charge is 0.326 e. The van der Waals surface area contributed by atoms with E-state index in [0.717, 1.165) is 12.1 Å². The third kappa shape index (κ3) is 7.46. The van der Waals surface area contributed by atoms with Crippen LogP contribution in [-0.2, 0) is 16.1 Å². The van der Waals surface area contributed by atoms with E-state index in [1.165, 1.54) is 6.07 Å². The van der Waals surface area contributed by atoms with Gasteiger partial charge in [-0.1, -0.05) is 13.8 Å². The summed E-state index contributed by atoms with van der Waals surface area (Å²) in [5.74, 6) is -3.62.